The molecule has 1 amide bonds. The highest BCUT2D eigenvalue weighted by molar-refractivity contribution is 7.89. The summed E-state index contributed by atoms with van der Waals surface area (Å²) < 4.78 is 33.9. The summed E-state index contributed by atoms with van der Waals surface area (Å²) in [6, 6.07) is 17.0. The molecule has 0 saturated carbocycles. The number of aromatic nitrogens is 1. The van der Waals surface area contributed by atoms with Crippen LogP contribution in [-0.2, 0) is 19.6 Å². The normalized spacial score (nSPS) is 21.5. The lowest BCUT2D eigenvalue weighted by Crippen LogP contribution is -2.60. The van der Waals surface area contributed by atoms with E-state index in [1.54, 1.807) is 25.3 Å². The Balaban J connectivity index is 1.32. The van der Waals surface area contributed by atoms with Gasteiger partial charge < -0.3 is 10.1 Å². The van der Waals surface area contributed by atoms with Crippen molar-refractivity contribution in [2.24, 2.45) is 0 Å². The van der Waals surface area contributed by atoms with Crippen molar-refractivity contribution in [1.82, 2.24) is 14.6 Å². The fourth-order valence-corrected chi connectivity index (χ4v) is 5.95. The van der Waals surface area contributed by atoms with E-state index in [2.05, 4.69) is 10.3 Å². The topological polar surface area (TPSA) is 88.6 Å². The smallest absolute Gasteiger partial charge is 0.248 e. The van der Waals surface area contributed by atoms with E-state index >= 15 is 0 Å². The SMILES string of the molecule is CC1OC2(CCN(S(=O)(=O)c3ccc(-c4ccc5cccnc5c4)cc3)CC2)CNC1=O. The number of rotatable bonds is 3. The van der Waals surface area contributed by atoms with E-state index in [-0.39, 0.29) is 10.8 Å². The second-order valence-electron chi connectivity index (χ2n) is 8.50. The van der Waals surface area contributed by atoms with Crippen LogP contribution in [0.2, 0.25) is 0 Å². The van der Waals surface area contributed by atoms with Gasteiger partial charge in [0, 0.05) is 31.2 Å². The van der Waals surface area contributed by atoms with Crippen molar-refractivity contribution in [3.05, 3.63) is 60.8 Å². The maximum absolute atomic E-state index is 13.2. The number of morpholine rings is 1. The summed E-state index contributed by atoms with van der Waals surface area (Å²) in [4.78, 5) is 16.4. The minimum absolute atomic E-state index is 0.118. The number of amides is 1. The van der Waals surface area contributed by atoms with Gasteiger partial charge in [0.05, 0.1) is 16.0 Å². The zero-order valence-corrected chi connectivity index (χ0v) is 18.6. The zero-order valence-electron chi connectivity index (χ0n) is 17.8. The molecule has 1 N–H and O–H groups in total. The number of nitrogens with zero attached hydrogens (tertiary/aromatic N) is 2. The number of fused-ring (bicyclic) bond motifs is 1. The Kier molecular flexibility index (Phi) is 5.23. The number of hydrogen-bond donors (Lipinski definition) is 1. The van der Waals surface area contributed by atoms with E-state index in [1.165, 1.54) is 4.31 Å². The van der Waals surface area contributed by atoms with E-state index in [4.69, 9.17) is 4.74 Å². The Morgan fingerprint density at radius 2 is 1.78 bits per heavy atom. The molecule has 2 saturated heterocycles. The molecule has 5 rings (SSSR count). The molecule has 7 nitrogen and oxygen atoms in total. The molecule has 3 aromatic rings. The standard InChI is InChI=1S/C24H25N3O4S/c1-17-23(28)26-16-24(31-17)10-13-27(14-11-24)32(29,30)21-8-6-18(7-9-21)20-5-4-19-3-2-12-25-22(19)15-20/h2-9,12,15,17H,10-11,13-14,16H2,1H3,(H,26,28). The van der Waals surface area contributed by atoms with E-state index in [0.29, 0.717) is 32.5 Å². The van der Waals surface area contributed by atoms with Crippen molar-refractivity contribution in [2.45, 2.75) is 36.4 Å². The van der Waals surface area contributed by atoms with Crippen LogP contribution in [-0.4, -0.2) is 55.0 Å². The van der Waals surface area contributed by atoms with Crippen molar-refractivity contribution in [3.8, 4) is 11.1 Å². The van der Waals surface area contributed by atoms with Crippen molar-refractivity contribution < 1.29 is 17.9 Å². The molecule has 32 heavy (non-hydrogen) atoms. The van der Waals surface area contributed by atoms with Gasteiger partial charge in [-0.25, -0.2) is 8.42 Å². The molecule has 1 aromatic heterocycles. The zero-order chi connectivity index (χ0) is 22.3. The fourth-order valence-electron chi connectivity index (χ4n) is 4.51. The minimum Gasteiger partial charge on any atom is -0.360 e. The van der Waals surface area contributed by atoms with Gasteiger partial charge in [-0.05, 0) is 55.2 Å². The summed E-state index contributed by atoms with van der Waals surface area (Å²) in [6.45, 7) is 2.89. The molecule has 1 atom stereocenters. The maximum Gasteiger partial charge on any atom is 0.248 e. The second-order valence-corrected chi connectivity index (χ2v) is 10.4. The molecule has 8 heteroatoms. The monoisotopic (exact) mass is 451 g/mol. The van der Waals surface area contributed by atoms with Gasteiger partial charge in [-0.2, -0.15) is 4.31 Å². The van der Waals surface area contributed by atoms with Crippen LogP contribution in [0.25, 0.3) is 22.0 Å². The highest BCUT2D eigenvalue weighted by Crippen LogP contribution is 2.33. The number of ether oxygens (including phenoxy) is 1. The van der Waals surface area contributed by atoms with Gasteiger partial charge >= 0.3 is 0 Å². The Bertz CT molecular complexity index is 1270. The molecule has 1 spiro atoms. The third kappa shape index (κ3) is 3.79. The van der Waals surface area contributed by atoms with Gasteiger partial charge in [-0.1, -0.05) is 30.3 Å². The number of carbonyl (C=O) groups excluding carboxylic acids is 1. The van der Waals surface area contributed by atoms with Gasteiger partial charge in [0.2, 0.25) is 15.9 Å². The average Bonchev–Trinajstić information content (AvgIpc) is 2.82. The highest BCUT2D eigenvalue weighted by Gasteiger charge is 2.44. The summed E-state index contributed by atoms with van der Waals surface area (Å²) in [5, 5.41) is 3.94. The Morgan fingerprint density at radius 1 is 1.06 bits per heavy atom. The molecule has 2 aliphatic rings. The molecular formula is C24H25N3O4S. The lowest BCUT2D eigenvalue weighted by molar-refractivity contribution is -0.165. The first-order valence-electron chi connectivity index (χ1n) is 10.8. The Labute approximate surface area is 187 Å². The number of hydrogen-bond acceptors (Lipinski definition) is 5. The summed E-state index contributed by atoms with van der Waals surface area (Å²) in [6.07, 6.45) is 2.36. The molecule has 3 heterocycles. The summed E-state index contributed by atoms with van der Waals surface area (Å²) in [5.41, 5.74) is 2.35. The molecule has 166 valence electrons. The molecule has 2 fully saturated rings. The number of carbonyl (C=O) groups is 1. The lowest BCUT2D eigenvalue weighted by atomic mass is 9.90. The molecule has 0 radical (unpaired) electrons. The fraction of sp³-hybridized carbons (Fsp3) is 0.333. The summed E-state index contributed by atoms with van der Waals surface area (Å²) >= 11 is 0. The molecule has 1 unspecified atom stereocenters. The average molecular weight is 452 g/mol. The van der Waals surface area contributed by atoms with Crippen molar-refractivity contribution in [3.63, 3.8) is 0 Å². The molecule has 2 aliphatic heterocycles. The Hall–Kier alpha value is -2.81. The predicted octanol–water partition coefficient (Wildman–Crippen LogP) is 2.96. The summed E-state index contributed by atoms with van der Waals surface area (Å²) in [5.74, 6) is -0.118. The quantitative estimate of drug-likeness (QED) is 0.661. The number of piperidine rings is 1. The second kappa shape index (κ2) is 7.95. The first kappa shape index (κ1) is 21.1. The van der Waals surface area contributed by atoms with E-state index in [0.717, 1.165) is 22.0 Å². The van der Waals surface area contributed by atoms with Gasteiger partial charge in [-0.15, -0.1) is 0 Å². The van der Waals surface area contributed by atoms with Crippen molar-refractivity contribution >= 4 is 26.8 Å². The first-order chi connectivity index (χ1) is 15.4. The number of benzene rings is 2. The number of nitrogens with one attached hydrogen (secondary N) is 1. The van der Waals surface area contributed by atoms with Gasteiger partial charge in [0.1, 0.15) is 6.10 Å². The maximum atomic E-state index is 13.2. The van der Waals surface area contributed by atoms with Crippen LogP contribution >= 0.6 is 0 Å². The molecule has 0 bridgehead atoms. The largest absolute Gasteiger partial charge is 0.360 e. The van der Waals surface area contributed by atoms with Crippen LogP contribution in [0.5, 0.6) is 0 Å². The van der Waals surface area contributed by atoms with Gasteiger partial charge in [0.15, 0.2) is 0 Å². The van der Waals surface area contributed by atoms with Gasteiger partial charge in [-0.3, -0.25) is 9.78 Å². The van der Waals surface area contributed by atoms with Crippen molar-refractivity contribution in [2.75, 3.05) is 19.6 Å². The van der Waals surface area contributed by atoms with E-state index in [1.807, 2.05) is 42.5 Å². The third-order valence-electron chi connectivity index (χ3n) is 6.45. The van der Waals surface area contributed by atoms with Crippen LogP contribution in [0.15, 0.2) is 65.7 Å². The van der Waals surface area contributed by atoms with Gasteiger partial charge in [0.25, 0.3) is 0 Å². The van der Waals surface area contributed by atoms with Crippen molar-refractivity contribution in [1.29, 1.82) is 0 Å². The predicted molar refractivity (Wildman–Crippen MR) is 121 cm³/mol. The summed E-state index contributed by atoms with van der Waals surface area (Å²) in [7, 11) is -3.60. The lowest BCUT2D eigenvalue weighted by Gasteiger charge is -2.45. The van der Waals surface area contributed by atoms with Crippen LogP contribution < -0.4 is 5.32 Å². The van der Waals surface area contributed by atoms with Crippen LogP contribution in [0.4, 0.5) is 0 Å². The number of pyridine rings is 1. The third-order valence-corrected chi connectivity index (χ3v) is 8.36. The minimum atomic E-state index is -3.60. The molecule has 0 aliphatic carbocycles. The number of sulfonamides is 1. The Morgan fingerprint density at radius 3 is 2.50 bits per heavy atom. The van der Waals surface area contributed by atoms with Crippen LogP contribution in [0.1, 0.15) is 19.8 Å². The molecular weight excluding hydrogens is 426 g/mol. The van der Waals surface area contributed by atoms with Crippen LogP contribution in [0, 0.1) is 0 Å². The highest BCUT2D eigenvalue weighted by atomic mass is 32.2. The van der Waals surface area contributed by atoms with E-state index in [9.17, 15) is 13.2 Å². The molecule has 2 aromatic carbocycles. The van der Waals surface area contributed by atoms with Crippen LogP contribution in [0.3, 0.4) is 0 Å². The van der Waals surface area contributed by atoms with E-state index < -0.39 is 21.7 Å². The first-order valence-corrected chi connectivity index (χ1v) is 12.2.